The van der Waals surface area contributed by atoms with Gasteiger partial charge in [-0.05, 0) is 12.5 Å². The highest BCUT2D eigenvalue weighted by Crippen LogP contribution is 2.14. The second-order valence-electron chi connectivity index (χ2n) is 5.04. The molecular weight excluding hydrogens is 304 g/mol. The van der Waals surface area contributed by atoms with Crippen molar-refractivity contribution in [2.24, 2.45) is 0 Å². The van der Waals surface area contributed by atoms with Gasteiger partial charge in [-0.2, -0.15) is 0 Å². The van der Waals surface area contributed by atoms with Crippen molar-refractivity contribution in [3.63, 3.8) is 0 Å². The maximum Gasteiger partial charge on any atom is 0.322 e. The largest absolute Gasteiger partial charge is 0.331 e. The summed E-state index contributed by atoms with van der Waals surface area (Å²) in [6, 6.07) is 9.09. The van der Waals surface area contributed by atoms with Crippen LogP contribution < -0.4 is 10.9 Å². The lowest BCUT2D eigenvalue weighted by atomic mass is 10.2. The van der Waals surface area contributed by atoms with E-state index in [-0.39, 0.29) is 16.5 Å². The van der Waals surface area contributed by atoms with Crippen LogP contribution >= 0.6 is 11.6 Å². The maximum atomic E-state index is 12.5. The molecule has 2 amide bonds. The Hall–Kier alpha value is -2.34. The minimum Gasteiger partial charge on any atom is -0.331 e. The first-order valence-electron chi connectivity index (χ1n) is 6.69. The van der Waals surface area contributed by atoms with Crippen molar-refractivity contribution >= 4 is 23.4 Å². The number of urea groups is 1. The summed E-state index contributed by atoms with van der Waals surface area (Å²) in [6.07, 6.45) is 0. The van der Waals surface area contributed by atoms with Crippen LogP contribution in [-0.4, -0.2) is 34.6 Å². The van der Waals surface area contributed by atoms with Crippen molar-refractivity contribution in [2.75, 3.05) is 19.4 Å². The summed E-state index contributed by atoms with van der Waals surface area (Å²) in [5, 5.41) is 2.65. The second kappa shape index (κ2) is 6.62. The first-order valence-corrected chi connectivity index (χ1v) is 7.07. The molecule has 0 spiro atoms. The van der Waals surface area contributed by atoms with E-state index in [1.54, 1.807) is 21.0 Å². The molecule has 1 heterocycles. The zero-order chi connectivity index (χ0) is 16.3. The van der Waals surface area contributed by atoms with Crippen molar-refractivity contribution in [1.29, 1.82) is 0 Å². The fourth-order valence-electron chi connectivity index (χ4n) is 1.87. The summed E-state index contributed by atoms with van der Waals surface area (Å²) in [5.74, 6) is -0.0785. The molecule has 0 atom stereocenters. The molecule has 0 aliphatic heterocycles. The molecule has 7 heteroatoms. The Morgan fingerprint density at radius 2 is 1.95 bits per heavy atom. The Labute approximate surface area is 133 Å². The van der Waals surface area contributed by atoms with Crippen LogP contribution in [0.1, 0.15) is 11.3 Å². The number of aromatic nitrogens is 2. The Kier molecular flexibility index (Phi) is 4.82. The third-order valence-electron chi connectivity index (χ3n) is 3.18. The second-order valence-corrected chi connectivity index (χ2v) is 5.40. The van der Waals surface area contributed by atoms with E-state index >= 15 is 0 Å². The van der Waals surface area contributed by atoms with Gasteiger partial charge in [-0.3, -0.25) is 10.1 Å². The molecule has 116 valence electrons. The molecule has 0 bridgehead atoms. The van der Waals surface area contributed by atoms with E-state index in [0.717, 1.165) is 5.56 Å². The Morgan fingerprint density at radius 1 is 1.32 bits per heavy atom. The van der Waals surface area contributed by atoms with Crippen LogP contribution in [0.5, 0.6) is 0 Å². The number of hydrogen-bond acceptors (Lipinski definition) is 3. The van der Waals surface area contributed by atoms with E-state index < -0.39 is 6.03 Å². The van der Waals surface area contributed by atoms with Crippen molar-refractivity contribution in [3.8, 4) is 0 Å². The van der Waals surface area contributed by atoms with Gasteiger partial charge >= 0.3 is 6.03 Å². The molecule has 22 heavy (non-hydrogen) atoms. The van der Waals surface area contributed by atoms with Gasteiger partial charge in [0, 0.05) is 14.1 Å². The van der Waals surface area contributed by atoms with Crippen LogP contribution in [0.25, 0.3) is 0 Å². The van der Waals surface area contributed by atoms with Gasteiger partial charge in [0.15, 0.2) is 5.15 Å². The molecule has 0 aliphatic carbocycles. The van der Waals surface area contributed by atoms with Gasteiger partial charge in [0.2, 0.25) is 5.82 Å². The number of halogens is 1. The molecule has 0 saturated carbocycles. The van der Waals surface area contributed by atoms with Gasteiger partial charge in [-0.15, -0.1) is 0 Å². The highest BCUT2D eigenvalue weighted by molar-refractivity contribution is 6.30. The highest BCUT2D eigenvalue weighted by Gasteiger charge is 2.15. The number of amides is 2. The Morgan fingerprint density at radius 3 is 2.55 bits per heavy atom. The molecule has 0 fully saturated rings. The molecule has 1 aromatic carbocycles. The molecule has 1 N–H and O–H groups in total. The number of hydrogen-bond donors (Lipinski definition) is 1. The molecule has 0 radical (unpaired) electrons. The smallest absolute Gasteiger partial charge is 0.322 e. The first-order chi connectivity index (χ1) is 10.4. The molecular formula is C15H17ClN4O2. The van der Waals surface area contributed by atoms with Gasteiger partial charge in [-0.25, -0.2) is 9.78 Å². The average Bonchev–Trinajstić information content (AvgIpc) is 2.50. The molecule has 0 aliphatic rings. The molecule has 1 aromatic heterocycles. The minimum atomic E-state index is -0.434. The average molecular weight is 321 g/mol. The van der Waals surface area contributed by atoms with Crippen molar-refractivity contribution < 1.29 is 4.79 Å². The van der Waals surface area contributed by atoms with E-state index in [1.165, 1.54) is 9.47 Å². The van der Waals surface area contributed by atoms with Gasteiger partial charge in [0.05, 0.1) is 12.2 Å². The molecule has 0 unspecified atom stereocenters. The summed E-state index contributed by atoms with van der Waals surface area (Å²) in [7, 11) is 3.15. The number of anilines is 1. The first kappa shape index (κ1) is 16.0. The topological polar surface area (TPSA) is 67.2 Å². The van der Waals surface area contributed by atoms with Crippen molar-refractivity contribution in [2.45, 2.75) is 13.5 Å². The van der Waals surface area contributed by atoms with Crippen molar-refractivity contribution in [1.82, 2.24) is 14.5 Å². The molecule has 2 rings (SSSR count). The zero-order valence-corrected chi connectivity index (χ0v) is 13.4. The van der Waals surface area contributed by atoms with E-state index in [1.807, 2.05) is 30.3 Å². The highest BCUT2D eigenvalue weighted by atomic mass is 35.5. The predicted octanol–water partition coefficient (Wildman–Crippen LogP) is 2.35. The monoisotopic (exact) mass is 320 g/mol. The summed E-state index contributed by atoms with van der Waals surface area (Å²) >= 11 is 6.08. The lowest BCUT2D eigenvalue weighted by Gasteiger charge is -2.15. The number of benzene rings is 1. The van der Waals surface area contributed by atoms with E-state index in [0.29, 0.717) is 12.2 Å². The fourth-order valence-corrected chi connectivity index (χ4v) is 2.06. The normalized spacial score (nSPS) is 10.4. The number of carbonyl (C=O) groups is 1. The van der Waals surface area contributed by atoms with Gasteiger partial charge in [0.1, 0.15) is 0 Å². The molecule has 0 saturated heterocycles. The van der Waals surface area contributed by atoms with Gasteiger partial charge < -0.3 is 9.47 Å². The number of nitrogens with one attached hydrogen (secondary N) is 1. The number of rotatable bonds is 3. The predicted molar refractivity (Wildman–Crippen MR) is 86.5 cm³/mol. The lowest BCUT2D eigenvalue weighted by molar-refractivity contribution is 0.230. The number of nitrogens with zero attached hydrogens (tertiary/aromatic N) is 3. The van der Waals surface area contributed by atoms with Gasteiger partial charge in [0.25, 0.3) is 5.56 Å². The SMILES string of the molecule is Cc1c(Cl)nc(NC(=O)N(C)C)c(=O)n1Cc1ccccc1. The Bertz CT molecular complexity index is 741. The van der Waals surface area contributed by atoms with E-state index in [9.17, 15) is 9.59 Å². The summed E-state index contributed by atoms with van der Waals surface area (Å²) < 4.78 is 1.50. The number of carbonyl (C=O) groups excluding carboxylic acids is 1. The van der Waals surface area contributed by atoms with Crippen LogP contribution in [-0.2, 0) is 6.54 Å². The van der Waals surface area contributed by atoms with Crippen LogP contribution in [0.2, 0.25) is 5.15 Å². The Balaban J connectivity index is 2.43. The van der Waals surface area contributed by atoms with E-state index in [4.69, 9.17) is 11.6 Å². The standard InChI is InChI=1S/C15H17ClN4O2/c1-10-12(16)17-13(18-15(22)19(2)3)14(21)20(10)9-11-7-5-4-6-8-11/h4-8H,9H2,1-3H3,(H,17,18,22). The van der Waals surface area contributed by atoms with Crippen LogP contribution in [0.15, 0.2) is 35.1 Å². The van der Waals surface area contributed by atoms with Crippen molar-refractivity contribution in [3.05, 3.63) is 57.1 Å². The zero-order valence-electron chi connectivity index (χ0n) is 12.6. The van der Waals surface area contributed by atoms with Crippen LogP contribution in [0.3, 0.4) is 0 Å². The maximum absolute atomic E-state index is 12.5. The summed E-state index contributed by atoms with van der Waals surface area (Å²) in [4.78, 5) is 29.5. The quantitative estimate of drug-likeness (QED) is 0.944. The third kappa shape index (κ3) is 3.46. The fraction of sp³-hybridized carbons (Fsp3) is 0.267. The molecule has 6 nitrogen and oxygen atoms in total. The third-order valence-corrected chi connectivity index (χ3v) is 3.53. The van der Waals surface area contributed by atoms with E-state index in [2.05, 4.69) is 10.3 Å². The summed E-state index contributed by atoms with van der Waals surface area (Å²) in [5.41, 5.74) is 1.12. The lowest BCUT2D eigenvalue weighted by Crippen LogP contribution is -2.34. The van der Waals surface area contributed by atoms with Crippen LogP contribution in [0, 0.1) is 6.92 Å². The minimum absolute atomic E-state index is 0.0785. The van der Waals surface area contributed by atoms with Gasteiger partial charge in [-0.1, -0.05) is 41.9 Å². The van der Waals surface area contributed by atoms with Crippen LogP contribution in [0.4, 0.5) is 10.6 Å². The molecule has 2 aromatic rings. The summed E-state index contributed by atoms with van der Waals surface area (Å²) in [6.45, 7) is 2.08.